The van der Waals surface area contributed by atoms with E-state index in [0.29, 0.717) is 0 Å². The van der Waals surface area contributed by atoms with Crippen LogP contribution >= 0.6 is 14.3 Å². The highest BCUT2D eigenvalue weighted by molar-refractivity contribution is 7.86. The van der Waals surface area contributed by atoms with E-state index in [1.165, 1.54) is 49.9 Å². The molecule has 9 aromatic rings. The Kier molecular flexibility index (Phi) is 9.48. The molecule has 4 heteroatoms. The number of hydrogen-bond donors (Lipinski definition) is 0. The average Bonchev–Trinajstić information content (AvgIpc) is 3.68. The van der Waals surface area contributed by atoms with Crippen LogP contribution in [0.2, 0.25) is 0 Å². The summed E-state index contributed by atoms with van der Waals surface area (Å²) in [6.45, 7) is 4.76. The quantitative estimate of drug-likeness (QED) is 0.142. The smallest absolute Gasteiger partial charge is 0.171 e. The van der Waals surface area contributed by atoms with Crippen LogP contribution in [0.4, 0.5) is 0 Å². The van der Waals surface area contributed by atoms with Crippen molar-refractivity contribution in [2.24, 2.45) is 0 Å². The minimum Gasteiger partial charge on any atom is -0.309 e. The van der Waals surface area contributed by atoms with Gasteiger partial charge in [-0.1, -0.05) is 244 Å². The highest BCUT2D eigenvalue weighted by Crippen LogP contribution is 2.64. The standard InChI is InChI=1S/C62H48O2P2/c1-61(2)55-35-21-34-52-59(66(64,47-30-17-7-18-31-47)48-32-19-8-20-33-48)39-38-51(60(52)55)54-42-58-53(41-56(54)61)50-37-36-49(65(63,45-26-13-5-14-27-45)46-28-15-6-16-29-46)40-57(50)62(58,43-22-9-3-10-23-43)44-24-11-4-12-25-44/h3-41,54H,42H2,1-2H3. The summed E-state index contributed by atoms with van der Waals surface area (Å²) in [5.74, 6) is 0.0540. The van der Waals surface area contributed by atoms with Crippen molar-refractivity contribution >= 4 is 62.5 Å². The first-order chi connectivity index (χ1) is 32.3. The van der Waals surface area contributed by atoms with Gasteiger partial charge < -0.3 is 9.13 Å². The lowest BCUT2D eigenvalue weighted by atomic mass is 9.58. The number of benzene rings is 9. The fourth-order valence-corrected chi connectivity index (χ4v) is 17.5. The van der Waals surface area contributed by atoms with Crippen molar-refractivity contribution in [3.05, 3.63) is 281 Å². The first-order valence-electron chi connectivity index (χ1n) is 23.0. The van der Waals surface area contributed by atoms with Gasteiger partial charge in [-0.25, -0.2) is 0 Å². The van der Waals surface area contributed by atoms with Gasteiger partial charge in [-0.2, -0.15) is 0 Å². The van der Waals surface area contributed by atoms with E-state index >= 15 is 9.13 Å². The minimum absolute atomic E-state index is 0.0540. The van der Waals surface area contributed by atoms with Gasteiger partial charge in [0.1, 0.15) is 0 Å². The van der Waals surface area contributed by atoms with Crippen molar-refractivity contribution < 1.29 is 9.13 Å². The third-order valence-electron chi connectivity index (χ3n) is 15.0. The van der Waals surface area contributed by atoms with Crippen molar-refractivity contribution in [1.82, 2.24) is 0 Å². The van der Waals surface area contributed by atoms with Crippen LogP contribution < -0.4 is 31.8 Å². The fourth-order valence-electron chi connectivity index (χ4n) is 12.0. The molecule has 9 aromatic carbocycles. The van der Waals surface area contributed by atoms with E-state index in [0.717, 1.165) is 49.2 Å². The van der Waals surface area contributed by atoms with E-state index in [4.69, 9.17) is 0 Å². The summed E-state index contributed by atoms with van der Waals surface area (Å²) in [6.07, 6.45) is 3.31. The van der Waals surface area contributed by atoms with Gasteiger partial charge in [0.05, 0.1) is 5.41 Å². The summed E-state index contributed by atoms with van der Waals surface area (Å²) in [5, 5.41) is 7.29. The molecule has 3 aliphatic rings. The Balaban J connectivity index is 1.11. The van der Waals surface area contributed by atoms with Gasteiger partial charge in [0, 0.05) is 43.2 Å². The Morgan fingerprint density at radius 3 is 1.45 bits per heavy atom. The summed E-state index contributed by atoms with van der Waals surface area (Å²) in [6, 6.07) is 80.0. The van der Waals surface area contributed by atoms with Gasteiger partial charge in [0.25, 0.3) is 0 Å². The number of hydrogen-bond acceptors (Lipinski definition) is 2. The summed E-state index contributed by atoms with van der Waals surface area (Å²) in [5.41, 5.74) is 10.2. The highest BCUT2D eigenvalue weighted by atomic mass is 31.2. The Morgan fingerprint density at radius 2 is 0.939 bits per heavy atom. The second-order valence-corrected chi connectivity index (χ2v) is 24.0. The maximum absolute atomic E-state index is 16.2. The van der Waals surface area contributed by atoms with Crippen molar-refractivity contribution in [2.75, 3.05) is 0 Å². The molecule has 318 valence electrons. The molecule has 0 spiro atoms. The summed E-state index contributed by atoms with van der Waals surface area (Å²) in [7, 11) is -6.62. The predicted octanol–water partition coefficient (Wildman–Crippen LogP) is 12.6. The molecule has 0 bridgehead atoms. The molecule has 0 aliphatic heterocycles. The molecule has 0 N–H and O–H groups in total. The fraction of sp³-hybridized carbons (Fsp3) is 0.0968. The monoisotopic (exact) mass is 886 g/mol. The van der Waals surface area contributed by atoms with E-state index in [2.05, 4.69) is 129 Å². The van der Waals surface area contributed by atoms with Crippen LogP contribution in [0, 0.1) is 0 Å². The Hall–Kier alpha value is -6.82. The van der Waals surface area contributed by atoms with Crippen LogP contribution in [-0.2, 0) is 20.0 Å². The molecule has 12 rings (SSSR count). The molecule has 0 heterocycles. The molecule has 1 unspecified atom stereocenters. The molecule has 3 aliphatic carbocycles. The molecule has 0 amide bonds. The zero-order valence-electron chi connectivity index (χ0n) is 37.0. The van der Waals surface area contributed by atoms with Gasteiger partial charge in [-0.3, -0.25) is 0 Å². The van der Waals surface area contributed by atoms with Gasteiger partial charge >= 0.3 is 0 Å². The predicted molar refractivity (Wildman–Crippen MR) is 277 cm³/mol. The second kappa shape index (κ2) is 15.4. The molecule has 66 heavy (non-hydrogen) atoms. The van der Waals surface area contributed by atoms with Gasteiger partial charge in [0.15, 0.2) is 14.3 Å². The van der Waals surface area contributed by atoms with Crippen molar-refractivity contribution in [3.63, 3.8) is 0 Å². The zero-order valence-corrected chi connectivity index (χ0v) is 38.8. The lowest BCUT2D eigenvalue weighted by molar-refractivity contribution is 0.531. The summed E-state index contributed by atoms with van der Waals surface area (Å²) in [4.78, 5) is 0. The minimum atomic E-state index is -3.32. The van der Waals surface area contributed by atoms with E-state index < -0.39 is 19.7 Å². The highest BCUT2D eigenvalue weighted by Gasteiger charge is 2.52. The Bertz CT molecular complexity index is 3380. The lowest BCUT2D eigenvalue weighted by Crippen LogP contribution is -2.36. The Morgan fingerprint density at radius 1 is 0.455 bits per heavy atom. The first-order valence-corrected chi connectivity index (χ1v) is 26.4. The SMILES string of the molecule is CC1(C)C2=CC3=C(CC2c2ccc(P(=O)(c4ccccc4)c4ccccc4)c4cccc1c24)C(c1ccccc1)(c1ccccc1)c1cc(P(=O)(c2ccccc2)c2ccccc2)ccc13. The molecular formula is C62H48O2P2. The van der Waals surface area contributed by atoms with Crippen molar-refractivity contribution in [1.29, 1.82) is 0 Å². The van der Waals surface area contributed by atoms with Crippen LogP contribution in [-0.4, -0.2) is 0 Å². The number of rotatable bonds is 8. The second-order valence-electron chi connectivity index (χ2n) is 18.5. The normalized spacial score (nSPS) is 16.8. The largest absolute Gasteiger partial charge is 0.309 e. The molecule has 0 saturated carbocycles. The Labute approximate surface area is 387 Å². The molecule has 0 fully saturated rings. The molecule has 0 aromatic heterocycles. The van der Waals surface area contributed by atoms with E-state index in [1.807, 2.05) is 121 Å². The number of allylic oxidation sites excluding steroid dienone is 4. The van der Waals surface area contributed by atoms with Crippen LogP contribution in [0.5, 0.6) is 0 Å². The van der Waals surface area contributed by atoms with Crippen molar-refractivity contribution in [2.45, 2.75) is 37.0 Å². The third-order valence-corrected chi connectivity index (χ3v) is 21.1. The van der Waals surface area contributed by atoms with Crippen LogP contribution in [0.3, 0.4) is 0 Å². The molecule has 0 radical (unpaired) electrons. The molecular weight excluding hydrogens is 839 g/mol. The third kappa shape index (κ3) is 5.75. The lowest BCUT2D eigenvalue weighted by Gasteiger charge is -2.45. The topological polar surface area (TPSA) is 34.1 Å². The summed E-state index contributed by atoms with van der Waals surface area (Å²) < 4.78 is 32.3. The van der Waals surface area contributed by atoms with E-state index in [1.54, 1.807) is 0 Å². The maximum atomic E-state index is 16.2. The molecule has 0 saturated heterocycles. The van der Waals surface area contributed by atoms with Crippen LogP contribution in [0.15, 0.2) is 248 Å². The zero-order chi connectivity index (χ0) is 44.7. The maximum Gasteiger partial charge on any atom is 0.171 e. The van der Waals surface area contributed by atoms with Crippen LogP contribution in [0.1, 0.15) is 59.6 Å². The summed E-state index contributed by atoms with van der Waals surface area (Å²) >= 11 is 0. The molecule has 2 nitrogen and oxygen atoms in total. The van der Waals surface area contributed by atoms with Gasteiger partial charge in [-0.05, 0) is 73.9 Å². The molecule has 1 atom stereocenters. The van der Waals surface area contributed by atoms with E-state index in [9.17, 15) is 0 Å². The van der Waals surface area contributed by atoms with Crippen molar-refractivity contribution in [3.8, 4) is 0 Å². The first kappa shape index (κ1) is 40.7. The van der Waals surface area contributed by atoms with Gasteiger partial charge in [0.2, 0.25) is 0 Å². The van der Waals surface area contributed by atoms with Crippen LogP contribution in [0.25, 0.3) is 16.3 Å². The van der Waals surface area contributed by atoms with Gasteiger partial charge in [-0.15, -0.1) is 0 Å². The number of fused-ring (bicyclic) bond motifs is 4. The van der Waals surface area contributed by atoms with E-state index in [-0.39, 0.29) is 11.3 Å². The average molecular weight is 887 g/mol.